The van der Waals surface area contributed by atoms with E-state index in [1.54, 1.807) is 6.07 Å². The van der Waals surface area contributed by atoms with Gasteiger partial charge in [-0.2, -0.15) is 0 Å². The van der Waals surface area contributed by atoms with Crippen molar-refractivity contribution in [1.29, 1.82) is 0 Å². The number of carbonyl (C=O) groups is 1. The highest BCUT2D eigenvalue weighted by atomic mass is 32.1. The minimum atomic E-state index is -0.845. The second kappa shape index (κ2) is 4.82. The number of fused-ring (bicyclic) bond motifs is 2. The lowest BCUT2D eigenvalue weighted by Gasteiger charge is -2.38. The molecule has 1 N–H and O–H groups in total. The zero-order chi connectivity index (χ0) is 15.4. The molecular formula is C17H24O3S. The third-order valence-electron chi connectivity index (χ3n) is 6.39. The summed E-state index contributed by atoms with van der Waals surface area (Å²) in [7, 11) is 0. The van der Waals surface area contributed by atoms with Crippen LogP contribution in [-0.2, 0) is 11.3 Å². The first kappa shape index (κ1) is 15.0. The molecule has 0 amide bonds. The quantitative estimate of drug-likeness (QED) is 0.891. The average Bonchev–Trinajstić information content (AvgIpc) is 2.94. The molecule has 0 saturated heterocycles. The molecule has 2 fully saturated rings. The Morgan fingerprint density at radius 2 is 2.19 bits per heavy atom. The van der Waals surface area contributed by atoms with Gasteiger partial charge in [0.1, 0.15) is 4.88 Å². The number of ether oxygens (including phenoxy) is 1. The predicted molar refractivity (Wildman–Crippen MR) is 83.8 cm³/mol. The van der Waals surface area contributed by atoms with Crippen LogP contribution in [-0.4, -0.2) is 17.2 Å². The molecule has 0 aromatic carbocycles. The van der Waals surface area contributed by atoms with Crippen molar-refractivity contribution in [3.05, 3.63) is 21.4 Å². The van der Waals surface area contributed by atoms with Crippen molar-refractivity contribution in [2.45, 2.75) is 59.7 Å². The summed E-state index contributed by atoms with van der Waals surface area (Å²) < 4.78 is 6.25. The van der Waals surface area contributed by atoms with Gasteiger partial charge >= 0.3 is 5.97 Å². The Morgan fingerprint density at radius 3 is 2.67 bits per heavy atom. The van der Waals surface area contributed by atoms with Gasteiger partial charge in [0.25, 0.3) is 0 Å². The van der Waals surface area contributed by atoms with E-state index in [-0.39, 0.29) is 5.41 Å². The Hall–Kier alpha value is -0.870. The molecule has 116 valence electrons. The zero-order valence-electron chi connectivity index (χ0n) is 13.2. The Bertz CT molecular complexity index is 575. The molecule has 3 nitrogen and oxygen atoms in total. The molecule has 0 radical (unpaired) electrons. The maximum absolute atomic E-state index is 11.0. The third-order valence-corrected chi connectivity index (χ3v) is 7.47. The van der Waals surface area contributed by atoms with Crippen LogP contribution in [0.4, 0.5) is 0 Å². The molecule has 1 aromatic heterocycles. The van der Waals surface area contributed by atoms with Gasteiger partial charge in [-0.15, -0.1) is 11.3 Å². The molecule has 21 heavy (non-hydrogen) atoms. The first-order valence-corrected chi connectivity index (χ1v) is 8.51. The fourth-order valence-electron chi connectivity index (χ4n) is 4.34. The Labute approximate surface area is 130 Å². The lowest BCUT2D eigenvalue weighted by molar-refractivity contribution is -0.0550. The second-order valence-corrected chi connectivity index (χ2v) is 8.66. The van der Waals surface area contributed by atoms with Gasteiger partial charge in [-0.05, 0) is 54.6 Å². The molecule has 2 bridgehead atoms. The molecule has 2 saturated carbocycles. The number of thiophene rings is 1. The monoisotopic (exact) mass is 308 g/mol. The maximum Gasteiger partial charge on any atom is 0.345 e. The molecule has 4 heteroatoms. The molecule has 0 aliphatic heterocycles. The Balaban J connectivity index is 1.71. The molecule has 3 rings (SSSR count). The highest BCUT2D eigenvalue weighted by Gasteiger charge is 2.61. The number of carboxylic acids is 1. The van der Waals surface area contributed by atoms with Crippen molar-refractivity contribution < 1.29 is 14.6 Å². The summed E-state index contributed by atoms with van der Waals surface area (Å²) in [5.74, 6) is -0.0759. The summed E-state index contributed by atoms with van der Waals surface area (Å²) in [6, 6.07) is 1.77. The number of carboxylic acid groups (broad SMARTS) is 1. The molecule has 3 atom stereocenters. The molecule has 3 unspecified atom stereocenters. The predicted octanol–water partition coefficient (Wildman–Crippen LogP) is 4.49. The molecule has 1 aromatic rings. The number of hydrogen-bond acceptors (Lipinski definition) is 3. The smallest absolute Gasteiger partial charge is 0.345 e. The van der Waals surface area contributed by atoms with Gasteiger partial charge in [-0.1, -0.05) is 20.8 Å². The largest absolute Gasteiger partial charge is 0.477 e. The number of rotatable bonds is 4. The van der Waals surface area contributed by atoms with E-state index < -0.39 is 5.97 Å². The summed E-state index contributed by atoms with van der Waals surface area (Å²) in [5.41, 5.74) is 1.65. The third kappa shape index (κ3) is 2.15. The van der Waals surface area contributed by atoms with Crippen LogP contribution in [0.5, 0.6) is 0 Å². The Kier molecular flexibility index (Phi) is 3.45. The van der Waals surface area contributed by atoms with Crippen LogP contribution in [0.25, 0.3) is 0 Å². The van der Waals surface area contributed by atoms with Crippen LogP contribution < -0.4 is 0 Å². The van der Waals surface area contributed by atoms with E-state index in [4.69, 9.17) is 9.84 Å². The standard InChI is InChI=1S/C17H24O3S/c1-10-11(7-13(21-10)15(18)19)9-20-14-8-12-5-6-17(14,4)16(12,2)3/h7,12,14H,5-6,8-9H2,1-4H3,(H,18,19). The summed E-state index contributed by atoms with van der Waals surface area (Å²) in [5, 5.41) is 9.07. The van der Waals surface area contributed by atoms with Gasteiger partial charge < -0.3 is 9.84 Å². The van der Waals surface area contributed by atoms with Crippen LogP contribution in [0.15, 0.2) is 6.07 Å². The number of aryl methyl sites for hydroxylation is 1. The molecule has 2 aliphatic carbocycles. The highest BCUT2D eigenvalue weighted by Crippen LogP contribution is 2.66. The SMILES string of the molecule is Cc1sc(C(=O)O)cc1COC1CC2CCC1(C)C2(C)C. The first-order valence-electron chi connectivity index (χ1n) is 7.70. The van der Waals surface area contributed by atoms with Gasteiger partial charge in [0.2, 0.25) is 0 Å². The van der Waals surface area contributed by atoms with E-state index in [1.807, 2.05) is 6.92 Å². The van der Waals surface area contributed by atoms with Crippen LogP contribution in [0.3, 0.4) is 0 Å². The van der Waals surface area contributed by atoms with E-state index in [2.05, 4.69) is 20.8 Å². The minimum absolute atomic E-state index is 0.261. The van der Waals surface area contributed by atoms with Crippen molar-refractivity contribution in [3.8, 4) is 0 Å². The van der Waals surface area contributed by atoms with Crippen molar-refractivity contribution in [1.82, 2.24) is 0 Å². The lowest BCUT2D eigenvalue weighted by atomic mass is 9.70. The number of aromatic carboxylic acids is 1. The summed E-state index contributed by atoms with van der Waals surface area (Å²) in [6.07, 6.45) is 4.03. The average molecular weight is 308 g/mol. The molecule has 1 heterocycles. The van der Waals surface area contributed by atoms with Gasteiger partial charge in [0.15, 0.2) is 0 Å². The normalized spacial score (nSPS) is 33.5. The van der Waals surface area contributed by atoms with Crippen molar-refractivity contribution in [2.24, 2.45) is 16.7 Å². The highest BCUT2D eigenvalue weighted by molar-refractivity contribution is 7.14. The lowest BCUT2D eigenvalue weighted by Crippen LogP contribution is -2.37. The van der Waals surface area contributed by atoms with E-state index in [0.29, 0.717) is 23.0 Å². The van der Waals surface area contributed by atoms with Gasteiger partial charge in [0, 0.05) is 4.88 Å². The van der Waals surface area contributed by atoms with Gasteiger partial charge in [-0.25, -0.2) is 4.79 Å². The van der Waals surface area contributed by atoms with Crippen LogP contribution in [0.1, 0.15) is 60.1 Å². The van der Waals surface area contributed by atoms with E-state index in [0.717, 1.165) is 22.8 Å². The molecule has 0 spiro atoms. The summed E-state index contributed by atoms with van der Waals surface area (Å²) in [4.78, 5) is 12.5. The minimum Gasteiger partial charge on any atom is -0.477 e. The molecular weight excluding hydrogens is 284 g/mol. The van der Waals surface area contributed by atoms with E-state index in [1.165, 1.54) is 24.2 Å². The fourth-order valence-corrected chi connectivity index (χ4v) is 5.21. The van der Waals surface area contributed by atoms with Crippen molar-refractivity contribution in [3.63, 3.8) is 0 Å². The van der Waals surface area contributed by atoms with E-state index >= 15 is 0 Å². The number of hydrogen-bond donors (Lipinski definition) is 1. The molecule has 2 aliphatic rings. The summed E-state index contributed by atoms with van der Waals surface area (Å²) in [6.45, 7) is 9.65. The van der Waals surface area contributed by atoms with Crippen LogP contribution >= 0.6 is 11.3 Å². The summed E-state index contributed by atoms with van der Waals surface area (Å²) >= 11 is 1.34. The van der Waals surface area contributed by atoms with Crippen molar-refractivity contribution >= 4 is 17.3 Å². The first-order chi connectivity index (χ1) is 9.75. The van der Waals surface area contributed by atoms with Gasteiger partial charge in [0.05, 0.1) is 12.7 Å². The van der Waals surface area contributed by atoms with Gasteiger partial charge in [-0.3, -0.25) is 0 Å². The Morgan fingerprint density at radius 1 is 1.48 bits per heavy atom. The van der Waals surface area contributed by atoms with Crippen LogP contribution in [0, 0.1) is 23.7 Å². The fraction of sp³-hybridized carbons (Fsp3) is 0.706. The van der Waals surface area contributed by atoms with Crippen molar-refractivity contribution in [2.75, 3.05) is 0 Å². The van der Waals surface area contributed by atoms with E-state index in [9.17, 15) is 4.79 Å². The van der Waals surface area contributed by atoms with Crippen LogP contribution in [0.2, 0.25) is 0 Å². The zero-order valence-corrected chi connectivity index (χ0v) is 14.0. The maximum atomic E-state index is 11.0. The topological polar surface area (TPSA) is 46.5 Å². The second-order valence-electron chi connectivity index (χ2n) is 7.41.